The number of carbonyl (C=O) groups excluding carboxylic acids is 2. The molecule has 2 N–H and O–H groups in total. The zero-order chi connectivity index (χ0) is 15.8. The van der Waals surface area contributed by atoms with Crippen LogP contribution in [0.4, 0.5) is 4.79 Å². The Morgan fingerprint density at radius 2 is 1.81 bits per heavy atom. The van der Waals surface area contributed by atoms with E-state index in [4.69, 9.17) is 44.3 Å². The van der Waals surface area contributed by atoms with Crippen LogP contribution in [0.5, 0.6) is 5.75 Å². The van der Waals surface area contributed by atoms with E-state index in [9.17, 15) is 9.59 Å². The van der Waals surface area contributed by atoms with Crippen molar-refractivity contribution < 1.29 is 19.1 Å². The van der Waals surface area contributed by atoms with Gasteiger partial charge in [0.2, 0.25) is 0 Å². The second kappa shape index (κ2) is 8.94. The summed E-state index contributed by atoms with van der Waals surface area (Å²) in [7, 11) is 1.50. The van der Waals surface area contributed by atoms with Gasteiger partial charge < -0.3 is 14.8 Å². The topological polar surface area (TPSA) is 76.7 Å². The smallest absolute Gasteiger partial charge is 0.321 e. The van der Waals surface area contributed by atoms with Gasteiger partial charge in [0.1, 0.15) is 5.75 Å². The summed E-state index contributed by atoms with van der Waals surface area (Å²) in [6.45, 7) is 0.238. The molecule has 1 aromatic carbocycles. The number of halogens is 3. The maximum Gasteiger partial charge on any atom is 0.321 e. The predicted molar refractivity (Wildman–Crippen MR) is 80.4 cm³/mol. The second-order valence-corrected chi connectivity index (χ2v) is 5.00. The maximum atomic E-state index is 11.5. The van der Waals surface area contributed by atoms with Crippen molar-refractivity contribution in [1.29, 1.82) is 0 Å². The highest BCUT2D eigenvalue weighted by Gasteiger charge is 2.11. The Balaban J connectivity index is 2.43. The van der Waals surface area contributed by atoms with Crippen molar-refractivity contribution in [2.75, 3.05) is 26.9 Å². The first-order chi connectivity index (χ1) is 9.93. The first kappa shape index (κ1) is 17.8. The van der Waals surface area contributed by atoms with Gasteiger partial charge in [0, 0.05) is 19.7 Å². The van der Waals surface area contributed by atoms with Crippen LogP contribution in [0.1, 0.15) is 0 Å². The summed E-state index contributed by atoms with van der Waals surface area (Å²) in [5.74, 6) is -0.437. The van der Waals surface area contributed by atoms with E-state index in [0.717, 1.165) is 0 Å². The van der Waals surface area contributed by atoms with Crippen molar-refractivity contribution in [3.05, 3.63) is 27.2 Å². The first-order valence-corrected chi connectivity index (χ1v) is 6.91. The number of nitrogens with one attached hydrogen (secondary N) is 2. The zero-order valence-electron chi connectivity index (χ0n) is 11.0. The van der Waals surface area contributed by atoms with E-state index in [-0.39, 0.29) is 27.4 Å². The van der Waals surface area contributed by atoms with E-state index in [2.05, 4.69) is 10.6 Å². The minimum absolute atomic E-state index is 0.195. The molecule has 0 aliphatic rings. The fourth-order valence-corrected chi connectivity index (χ4v) is 1.82. The number of imide groups is 1. The number of hydrogen-bond acceptors (Lipinski definition) is 4. The molecule has 116 valence electrons. The first-order valence-electron chi connectivity index (χ1n) is 5.78. The normalized spacial score (nSPS) is 10.1. The number of ether oxygens (including phenoxy) is 2. The highest BCUT2D eigenvalue weighted by molar-refractivity contribution is 6.43. The maximum absolute atomic E-state index is 11.5. The van der Waals surface area contributed by atoms with Crippen LogP contribution in [0.25, 0.3) is 0 Å². The largest absolute Gasteiger partial charge is 0.482 e. The molecule has 0 spiro atoms. The number of rotatable bonds is 6. The minimum atomic E-state index is -0.638. The van der Waals surface area contributed by atoms with E-state index in [1.807, 2.05) is 0 Å². The molecule has 0 atom stereocenters. The van der Waals surface area contributed by atoms with Gasteiger partial charge in [-0.3, -0.25) is 10.1 Å². The van der Waals surface area contributed by atoms with Crippen molar-refractivity contribution in [1.82, 2.24) is 10.6 Å². The average molecular weight is 356 g/mol. The summed E-state index contributed by atoms with van der Waals surface area (Å²) in [6, 6.07) is 2.15. The molecule has 0 radical (unpaired) electrons. The zero-order valence-corrected chi connectivity index (χ0v) is 13.3. The van der Waals surface area contributed by atoms with Crippen LogP contribution in [-0.4, -0.2) is 38.8 Å². The van der Waals surface area contributed by atoms with Crippen LogP contribution in [0, 0.1) is 0 Å². The molecule has 6 nitrogen and oxygen atoms in total. The molecule has 0 unspecified atom stereocenters. The van der Waals surface area contributed by atoms with Crippen LogP contribution in [0.15, 0.2) is 12.1 Å². The summed E-state index contributed by atoms with van der Waals surface area (Å²) >= 11 is 17.5. The molecule has 0 fully saturated rings. The van der Waals surface area contributed by atoms with Crippen LogP contribution in [0.3, 0.4) is 0 Å². The van der Waals surface area contributed by atoms with Gasteiger partial charge in [-0.1, -0.05) is 34.8 Å². The highest BCUT2D eigenvalue weighted by Crippen LogP contribution is 2.33. The molecule has 1 aromatic rings. The monoisotopic (exact) mass is 354 g/mol. The SMILES string of the molecule is COCCNC(=O)NC(=O)COc1cc(Cl)c(Cl)cc1Cl. The third kappa shape index (κ3) is 6.39. The third-order valence-electron chi connectivity index (χ3n) is 2.18. The fraction of sp³-hybridized carbons (Fsp3) is 0.333. The third-order valence-corrected chi connectivity index (χ3v) is 3.20. The molecule has 21 heavy (non-hydrogen) atoms. The van der Waals surface area contributed by atoms with Crippen LogP contribution in [-0.2, 0) is 9.53 Å². The minimum Gasteiger partial charge on any atom is -0.482 e. The summed E-state index contributed by atoms with van der Waals surface area (Å²) < 4.78 is 9.92. The van der Waals surface area contributed by atoms with Crippen molar-refractivity contribution in [2.45, 2.75) is 0 Å². The van der Waals surface area contributed by atoms with E-state index < -0.39 is 18.5 Å². The predicted octanol–water partition coefficient (Wildman–Crippen LogP) is 2.50. The number of hydrogen-bond donors (Lipinski definition) is 2. The molecule has 0 saturated carbocycles. The molecule has 0 aromatic heterocycles. The lowest BCUT2D eigenvalue weighted by molar-refractivity contribution is -0.122. The quantitative estimate of drug-likeness (QED) is 0.607. The summed E-state index contributed by atoms with van der Waals surface area (Å²) in [6.07, 6.45) is 0. The number of amides is 3. The fourth-order valence-electron chi connectivity index (χ4n) is 1.23. The van der Waals surface area contributed by atoms with E-state index in [1.54, 1.807) is 0 Å². The Hall–Kier alpha value is -1.21. The van der Waals surface area contributed by atoms with Gasteiger partial charge in [0.15, 0.2) is 6.61 Å². The Morgan fingerprint density at radius 1 is 1.14 bits per heavy atom. The Morgan fingerprint density at radius 3 is 2.48 bits per heavy atom. The van der Waals surface area contributed by atoms with Crippen molar-refractivity contribution in [2.24, 2.45) is 0 Å². The number of methoxy groups -OCH3 is 1. The molecular weight excluding hydrogens is 343 g/mol. The summed E-state index contributed by atoms with van der Waals surface area (Å²) in [5.41, 5.74) is 0. The van der Waals surface area contributed by atoms with E-state index in [0.29, 0.717) is 6.61 Å². The Kier molecular flexibility index (Phi) is 7.60. The van der Waals surface area contributed by atoms with Gasteiger partial charge in [-0.05, 0) is 6.07 Å². The molecule has 0 heterocycles. The number of urea groups is 1. The molecule has 1 rings (SSSR count). The lowest BCUT2D eigenvalue weighted by Crippen LogP contribution is -2.42. The van der Waals surface area contributed by atoms with Gasteiger partial charge in [0.25, 0.3) is 5.91 Å². The second-order valence-electron chi connectivity index (χ2n) is 3.78. The molecule has 0 aliphatic carbocycles. The van der Waals surface area contributed by atoms with Crippen LogP contribution < -0.4 is 15.4 Å². The summed E-state index contributed by atoms with van der Waals surface area (Å²) in [5, 5.41) is 5.24. The standard InChI is InChI=1S/C12H13Cl3N2O4/c1-20-3-2-16-12(19)17-11(18)6-21-10-5-8(14)7(13)4-9(10)15/h4-5H,2-3,6H2,1H3,(H2,16,17,18,19). The lowest BCUT2D eigenvalue weighted by atomic mass is 10.3. The van der Waals surface area contributed by atoms with Gasteiger partial charge >= 0.3 is 6.03 Å². The number of carbonyl (C=O) groups is 2. The van der Waals surface area contributed by atoms with Crippen molar-refractivity contribution >= 4 is 46.7 Å². The molecule has 0 bridgehead atoms. The number of benzene rings is 1. The van der Waals surface area contributed by atoms with E-state index in [1.165, 1.54) is 19.2 Å². The molecular formula is C12H13Cl3N2O4. The molecule has 3 amide bonds. The Bertz CT molecular complexity index is 525. The molecule has 9 heteroatoms. The van der Waals surface area contributed by atoms with Crippen LogP contribution in [0.2, 0.25) is 15.1 Å². The summed E-state index contributed by atoms with van der Waals surface area (Å²) in [4.78, 5) is 22.8. The van der Waals surface area contributed by atoms with Crippen LogP contribution >= 0.6 is 34.8 Å². The van der Waals surface area contributed by atoms with Crippen molar-refractivity contribution in [3.63, 3.8) is 0 Å². The van der Waals surface area contributed by atoms with Gasteiger partial charge in [-0.25, -0.2) is 4.79 Å². The molecule has 0 saturated heterocycles. The van der Waals surface area contributed by atoms with Gasteiger partial charge in [0.05, 0.1) is 21.7 Å². The lowest BCUT2D eigenvalue weighted by Gasteiger charge is -2.10. The van der Waals surface area contributed by atoms with Crippen molar-refractivity contribution in [3.8, 4) is 5.75 Å². The molecule has 0 aliphatic heterocycles. The average Bonchev–Trinajstić information content (AvgIpc) is 2.41. The van der Waals surface area contributed by atoms with Gasteiger partial charge in [-0.2, -0.15) is 0 Å². The highest BCUT2D eigenvalue weighted by atomic mass is 35.5. The van der Waals surface area contributed by atoms with Gasteiger partial charge in [-0.15, -0.1) is 0 Å². The Labute approximate surface area is 136 Å². The van der Waals surface area contributed by atoms with E-state index >= 15 is 0 Å².